The third-order valence-corrected chi connectivity index (χ3v) is 8.23. The van der Waals surface area contributed by atoms with Gasteiger partial charge in [0.05, 0.1) is 0 Å². The van der Waals surface area contributed by atoms with Crippen LogP contribution in [0.3, 0.4) is 0 Å². The molecule has 5 rings (SSSR count). The van der Waals surface area contributed by atoms with Crippen LogP contribution in [0.5, 0.6) is 0 Å². The van der Waals surface area contributed by atoms with Gasteiger partial charge >= 0.3 is 5.69 Å². The van der Waals surface area contributed by atoms with E-state index in [0.29, 0.717) is 48.0 Å². The third-order valence-electron chi connectivity index (χ3n) is 7.35. The Morgan fingerprint density at radius 1 is 1.12 bits per heavy atom. The zero-order valence-corrected chi connectivity index (χ0v) is 19.8. The molecule has 0 aromatic carbocycles. The number of thiophene rings is 1. The molecule has 0 radical (unpaired) electrons. The Labute approximate surface area is 191 Å². The van der Waals surface area contributed by atoms with E-state index < -0.39 is 0 Å². The number of imidazole rings is 1. The minimum Gasteiger partial charge on any atom is -0.336 e. The first kappa shape index (κ1) is 21.6. The number of aromatic amines is 1. The molecule has 172 valence electrons. The second-order valence-corrected chi connectivity index (χ2v) is 10.5. The van der Waals surface area contributed by atoms with Crippen LogP contribution < -0.4 is 16.6 Å². The zero-order valence-electron chi connectivity index (χ0n) is 19.0. The summed E-state index contributed by atoms with van der Waals surface area (Å²) in [4.78, 5) is 35.6. The monoisotopic (exact) mass is 455 g/mol. The minimum absolute atomic E-state index is 0.229. The molecule has 0 amide bonds. The van der Waals surface area contributed by atoms with E-state index in [-0.39, 0.29) is 11.2 Å². The quantitative estimate of drug-likeness (QED) is 0.541. The van der Waals surface area contributed by atoms with Crippen molar-refractivity contribution in [2.45, 2.75) is 84.0 Å². The van der Waals surface area contributed by atoms with Gasteiger partial charge in [0.25, 0.3) is 5.56 Å². The number of rotatable bonds is 8. The lowest BCUT2D eigenvalue weighted by atomic mass is 9.77. The Balaban J connectivity index is 1.42. The molecule has 3 aromatic heterocycles. The molecule has 3 heterocycles. The number of nitrogens with zero attached hydrogens (tertiary/aromatic N) is 3. The van der Waals surface area contributed by atoms with Gasteiger partial charge in [-0.05, 0) is 61.8 Å². The highest BCUT2D eigenvalue weighted by Crippen LogP contribution is 2.48. The van der Waals surface area contributed by atoms with Crippen LogP contribution in [0.2, 0.25) is 0 Å². The maximum atomic E-state index is 13.1. The van der Waals surface area contributed by atoms with Crippen molar-refractivity contribution >= 4 is 22.5 Å². The smallest absolute Gasteiger partial charge is 0.332 e. The SMILES string of the molecule is CCCn1c(=O)c2[nH]c(C3CC4CCC(C3)C4NCc3cccs3)nc2n(CCC)c1=O. The number of aromatic nitrogens is 4. The number of aryl methyl sites for hydroxylation is 1. The molecule has 0 spiro atoms. The number of hydrogen-bond acceptors (Lipinski definition) is 5. The molecule has 2 saturated carbocycles. The molecule has 8 heteroatoms. The lowest BCUT2D eigenvalue weighted by Crippen LogP contribution is -2.41. The highest BCUT2D eigenvalue weighted by Gasteiger charge is 2.43. The zero-order chi connectivity index (χ0) is 22.2. The topological polar surface area (TPSA) is 84.7 Å². The van der Waals surface area contributed by atoms with Gasteiger partial charge in [-0.1, -0.05) is 19.9 Å². The van der Waals surface area contributed by atoms with Gasteiger partial charge in [-0.25, -0.2) is 9.78 Å². The van der Waals surface area contributed by atoms with Gasteiger partial charge in [-0.3, -0.25) is 13.9 Å². The molecular formula is C24H33N5O2S. The third kappa shape index (κ3) is 3.77. The molecule has 2 N–H and O–H groups in total. The second kappa shape index (κ2) is 8.98. The van der Waals surface area contributed by atoms with Crippen molar-refractivity contribution in [1.82, 2.24) is 24.4 Å². The fourth-order valence-corrected chi connectivity index (χ4v) is 6.60. The molecule has 7 nitrogen and oxygen atoms in total. The van der Waals surface area contributed by atoms with Crippen LogP contribution in [-0.4, -0.2) is 25.1 Å². The predicted molar refractivity (Wildman–Crippen MR) is 128 cm³/mol. The Hall–Kier alpha value is -2.19. The molecule has 2 aliphatic rings. The van der Waals surface area contributed by atoms with E-state index in [0.717, 1.165) is 38.1 Å². The number of hydrogen-bond donors (Lipinski definition) is 2. The maximum Gasteiger partial charge on any atom is 0.332 e. The van der Waals surface area contributed by atoms with Crippen molar-refractivity contribution in [3.05, 3.63) is 49.1 Å². The molecular weight excluding hydrogens is 422 g/mol. The summed E-state index contributed by atoms with van der Waals surface area (Å²) in [7, 11) is 0. The largest absolute Gasteiger partial charge is 0.336 e. The summed E-state index contributed by atoms with van der Waals surface area (Å²) in [5.41, 5.74) is 0.569. The fraction of sp³-hybridized carbons (Fsp3) is 0.625. The molecule has 3 aromatic rings. The molecule has 0 saturated heterocycles. The van der Waals surface area contributed by atoms with Gasteiger partial charge in [0.2, 0.25) is 0 Å². The van der Waals surface area contributed by atoms with Gasteiger partial charge in [0.1, 0.15) is 11.3 Å². The summed E-state index contributed by atoms with van der Waals surface area (Å²) in [5.74, 6) is 2.50. The summed E-state index contributed by atoms with van der Waals surface area (Å²) in [6, 6.07) is 4.88. The van der Waals surface area contributed by atoms with Crippen LogP contribution in [0.15, 0.2) is 27.1 Å². The molecule has 2 atom stereocenters. The van der Waals surface area contributed by atoms with E-state index in [1.165, 1.54) is 22.3 Å². The van der Waals surface area contributed by atoms with Crippen LogP contribution in [-0.2, 0) is 19.6 Å². The highest BCUT2D eigenvalue weighted by atomic mass is 32.1. The van der Waals surface area contributed by atoms with Crippen molar-refractivity contribution < 1.29 is 0 Å². The number of fused-ring (bicyclic) bond motifs is 3. The van der Waals surface area contributed by atoms with Gasteiger partial charge in [-0.2, -0.15) is 0 Å². The summed E-state index contributed by atoms with van der Waals surface area (Å²) in [6.07, 6.45) is 6.26. The van der Waals surface area contributed by atoms with Crippen molar-refractivity contribution in [2.75, 3.05) is 0 Å². The lowest BCUT2D eigenvalue weighted by Gasteiger charge is -2.35. The maximum absolute atomic E-state index is 13.1. The predicted octanol–water partition coefficient (Wildman–Crippen LogP) is 3.83. The van der Waals surface area contributed by atoms with Crippen molar-refractivity contribution in [2.24, 2.45) is 11.8 Å². The Morgan fingerprint density at radius 3 is 2.50 bits per heavy atom. The second-order valence-electron chi connectivity index (χ2n) is 9.46. The number of H-pyrrole nitrogens is 1. The van der Waals surface area contributed by atoms with E-state index >= 15 is 0 Å². The first-order valence-electron chi connectivity index (χ1n) is 12.1. The molecule has 32 heavy (non-hydrogen) atoms. The standard InChI is InChI=1S/C24H33N5O2S/c1-3-9-28-22-20(23(30)29(10-4-2)24(28)31)26-21(27-22)17-12-15-7-8-16(13-17)19(15)25-14-18-6-5-11-32-18/h5-6,11,15-17,19,25H,3-4,7-10,12-14H2,1-2H3,(H,26,27). The van der Waals surface area contributed by atoms with Crippen LogP contribution in [0.1, 0.15) is 69.0 Å². The normalized spacial score (nSPS) is 25.1. The van der Waals surface area contributed by atoms with Gasteiger partial charge in [0, 0.05) is 36.5 Å². The average Bonchev–Trinajstić information content (AvgIpc) is 3.51. The number of nitrogens with one attached hydrogen (secondary N) is 2. The van der Waals surface area contributed by atoms with Crippen molar-refractivity contribution in [3.63, 3.8) is 0 Å². The molecule has 2 bridgehead atoms. The fourth-order valence-electron chi connectivity index (χ4n) is 5.94. The molecule has 2 fully saturated rings. The highest BCUT2D eigenvalue weighted by molar-refractivity contribution is 7.09. The molecule has 2 aliphatic carbocycles. The molecule has 2 unspecified atom stereocenters. The van der Waals surface area contributed by atoms with Crippen molar-refractivity contribution in [3.8, 4) is 0 Å². The summed E-state index contributed by atoms with van der Waals surface area (Å²) in [5, 5.41) is 5.97. The first-order chi connectivity index (χ1) is 15.6. The van der Waals surface area contributed by atoms with Gasteiger partial charge < -0.3 is 10.3 Å². The van der Waals surface area contributed by atoms with Crippen molar-refractivity contribution in [1.29, 1.82) is 0 Å². The van der Waals surface area contributed by atoms with Crippen LogP contribution >= 0.6 is 11.3 Å². The van der Waals surface area contributed by atoms with E-state index in [1.807, 2.05) is 25.2 Å². The Bertz CT molecular complexity index is 1180. The summed E-state index contributed by atoms with van der Waals surface area (Å²) >= 11 is 1.81. The minimum atomic E-state index is -0.231. The van der Waals surface area contributed by atoms with E-state index in [2.05, 4.69) is 27.8 Å². The van der Waals surface area contributed by atoms with Crippen LogP contribution in [0.4, 0.5) is 0 Å². The molecule has 0 aliphatic heterocycles. The van der Waals surface area contributed by atoms with E-state index in [4.69, 9.17) is 4.98 Å². The van der Waals surface area contributed by atoms with E-state index in [1.54, 1.807) is 4.57 Å². The van der Waals surface area contributed by atoms with Gasteiger partial charge in [0.15, 0.2) is 5.65 Å². The Kier molecular flexibility index (Phi) is 6.07. The lowest BCUT2D eigenvalue weighted by molar-refractivity contribution is 0.227. The van der Waals surface area contributed by atoms with Crippen LogP contribution in [0.25, 0.3) is 11.2 Å². The Morgan fingerprint density at radius 2 is 1.84 bits per heavy atom. The van der Waals surface area contributed by atoms with Gasteiger partial charge in [-0.15, -0.1) is 11.3 Å². The summed E-state index contributed by atoms with van der Waals surface area (Å²) in [6.45, 7) is 6.00. The van der Waals surface area contributed by atoms with E-state index in [9.17, 15) is 9.59 Å². The van der Waals surface area contributed by atoms with Crippen LogP contribution in [0, 0.1) is 11.8 Å². The first-order valence-corrected chi connectivity index (χ1v) is 13.0. The average molecular weight is 456 g/mol. The summed E-state index contributed by atoms with van der Waals surface area (Å²) < 4.78 is 3.06.